The van der Waals surface area contributed by atoms with E-state index in [1.54, 1.807) is 17.8 Å². The fourth-order valence-corrected chi connectivity index (χ4v) is 2.40. The Bertz CT molecular complexity index is 632. The first-order valence-electron chi connectivity index (χ1n) is 6.52. The van der Waals surface area contributed by atoms with E-state index in [2.05, 4.69) is 10.1 Å². The number of carbonyl (C=O) groups excluding carboxylic acids is 1. The van der Waals surface area contributed by atoms with Gasteiger partial charge in [0.05, 0.1) is 0 Å². The Morgan fingerprint density at radius 1 is 1.23 bits per heavy atom. The normalized spacial score (nSPS) is 10.5. The van der Waals surface area contributed by atoms with E-state index in [0.717, 1.165) is 11.3 Å². The van der Waals surface area contributed by atoms with Crippen LogP contribution >= 0.6 is 11.8 Å². The van der Waals surface area contributed by atoms with Crippen LogP contribution in [-0.4, -0.2) is 18.8 Å². The standard InChI is InChI=1S/C16H15F2NO2S/c1-22-10-11-3-2-4-12(9-11)15(20)19-13-5-7-14(8-6-13)21-16(17)18/h2-9,16H,10H2,1H3,(H,19,20). The molecule has 0 unspecified atom stereocenters. The molecular formula is C16H15F2NO2S. The molecule has 116 valence electrons. The van der Waals surface area contributed by atoms with E-state index in [1.165, 1.54) is 24.3 Å². The molecule has 0 aliphatic heterocycles. The number of nitrogens with one attached hydrogen (secondary N) is 1. The first-order chi connectivity index (χ1) is 10.6. The number of rotatable bonds is 6. The highest BCUT2D eigenvalue weighted by molar-refractivity contribution is 7.97. The summed E-state index contributed by atoms with van der Waals surface area (Å²) in [4.78, 5) is 12.2. The zero-order valence-corrected chi connectivity index (χ0v) is 12.7. The van der Waals surface area contributed by atoms with Crippen LogP contribution in [0.4, 0.5) is 14.5 Å². The van der Waals surface area contributed by atoms with Crippen LogP contribution < -0.4 is 10.1 Å². The Balaban J connectivity index is 2.03. The zero-order valence-electron chi connectivity index (χ0n) is 11.9. The van der Waals surface area contributed by atoms with Crippen molar-refractivity contribution in [2.24, 2.45) is 0 Å². The summed E-state index contributed by atoms with van der Waals surface area (Å²) < 4.78 is 28.4. The third-order valence-electron chi connectivity index (χ3n) is 2.84. The lowest BCUT2D eigenvalue weighted by molar-refractivity contribution is -0.0498. The van der Waals surface area contributed by atoms with Gasteiger partial charge in [0.2, 0.25) is 0 Å². The molecule has 0 spiro atoms. The van der Waals surface area contributed by atoms with Gasteiger partial charge in [-0.2, -0.15) is 20.5 Å². The monoisotopic (exact) mass is 323 g/mol. The lowest BCUT2D eigenvalue weighted by Gasteiger charge is -2.08. The first kappa shape index (κ1) is 16.3. The van der Waals surface area contributed by atoms with E-state index >= 15 is 0 Å². The summed E-state index contributed by atoms with van der Waals surface area (Å²) in [6.07, 6.45) is 2.00. The minimum Gasteiger partial charge on any atom is -0.435 e. The van der Waals surface area contributed by atoms with Gasteiger partial charge in [-0.05, 0) is 48.2 Å². The van der Waals surface area contributed by atoms with Crippen LogP contribution in [0.2, 0.25) is 0 Å². The molecule has 22 heavy (non-hydrogen) atoms. The molecule has 0 saturated heterocycles. The second kappa shape index (κ2) is 7.79. The SMILES string of the molecule is CSCc1cccc(C(=O)Nc2ccc(OC(F)F)cc2)c1. The number of hydrogen-bond acceptors (Lipinski definition) is 3. The van der Waals surface area contributed by atoms with Gasteiger partial charge in [0.1, 0.15) is 5.75 Å². The van der Waals surface area contributed by atoms with Crippen molar-refractivity contribution < 1.29 is 18.3 Å². The molecule has 2 rings (SSSR count). The highest BCUT2D eigenvalue weighted by Crippen LogP contribution is 2.19. The molecule has 2 aromatic rings. The molecule has 0 aromatic heterocycles. The fourth-order valence-electron chi connectivity index (χ4n) is 1.89. The van der Waals surface area contributed by atoms with Crippen molar-refractivity contribution in [1.29, 1.82) is 0 Å². The molecule has 2 aromatic carbocycles. The Hall–Kier alpha value is -2.08. The molecule has 0 radical (unpaired) electrons. The molecule has 6 heteroatoms. The van der Waals surface area contributed by atoms with Crippen LogP contribution in [0, 0.1) is 0 Å². The van der Waals surface area contributed by atoms with Crippen molar-refractivity contribution in [3.63, 3.8) is 0 Å². The first-order valence-corrected chi connectivity index (χ1v) is 7.92. The molecule has 0 heterocycles. The predicted molar refractivity (Wildman–Crippen MR) is 84.7 cm³/mol. The van der Waals surface area contributed by atoms with Crippen LogP contribution in [0.1, 0.15) is 15.9 Å². The zero-order chi connectivity index (χ0) is 15.9. The van der Waals surface area contributed by atoms with Gasteiger partial charge >= 0.3 is 6.61 Å². The minimum absolute atomic E-state index is 0.0509. The lowest BCUT2D eigenvalue weighted by Crippen LogP contribution is -2.12. The maximum atomic E-state index is 12.2. The van der Waals surface area contributed by atoms with Crippen molar-refractivity contribution in [3.05, 3.63) is 59.7 Å². The van der Waals surface area contributed by atoms with Crippen LogP contribution in [0.3, 0.4) is 0 Å². The average molecular weight is 323 g/mol. The summed E-state index contributed by atoms with van der Waals surface area (Å²) in [6, 6.07) is 13.2. The Labute approximate surface area is 131 Å². The Morgan fingerprint density at radius 3 is 2.59 bits per heavy atom. The number of alkyl halides is 2. The van der Waals surface area contributed by atoms with Gasteiger partial charge in [-0.15, -0.1) is 0 Å². The summed E-state index contributed by atoms with van der Waals surface area (Å²) in [5, 5.41) is 2.72. The van der Waals surface area contributed by atoms with Gasteiger partial charge in [-0.25, -0.2) is 0 Å². The fraction of sp³-hybridized carbons (Fsp3) is 0.188. The largest absolute Gasteiger partial charge is 0.435 e. The van der Waals surface area contributed by atoms with Gasteiger partial charge in [0, 0.05) is 17.0 Å². The number of carbonyl (C=O) groups is 1. The van der Waals surface area contributed by atoms with Crippen LogP contribution in [-0.2, 0) is 5.75 Å². The van der Waals surface area contributed by atoms with Crippen molar-refractivity contribution >= 4 is 23.4 Å². The smallest absolute Gasteiger partial charge is 0.387 e. The highest BCUT2D eigenvalue weighted by atomic mass is 32.2. The molecule has 0 aliphatic carbocycles. The van der Waals surface area contributed by atoms with Crippen LogP contribution in [0.25, 0.3) is 0 Å². The van der Waals surface area contributed by atoms with Gasteiger partial charge in [-0.3, -0.25) is 4.79 Å². The molecule has 1 N–H and O–H groups in total. The van der Waals surface area contributed by atoms with Crippen LogP contribution in [0.15, 0.2) is 48.5 Å². The second-order valence-corrected chi connectivity index (χ2v) is 5.36. The van der Waals surface area contributed by atoms with E-state index in [-0.39, 0.29) is 11.7 Å². The van der Waals surface area contributed by atoms with Crippen molar-refractivity contribution in [1.82, 2.24) is 0 Å². The third-order valence-corrected chi connectivity index (χ3v) is 3.46. The molecule has 0 bridgehead atoms. The summed E-state index contributed by atoms with van der Waals surface area (Å²) in [5.41, 5.74) is 2.14. The molecular weight excluding hydrogens is 308 g/mol. The molecule has 0 atom stereocenters. The number of hydrogen-bond donors (Lipinski definition) is 1. The number of amides is 1. The predicted octanol–water partition coefficient (Wildman–Crippen LogP) is 4.40. The van der Waals surface area contributed by atoms with E-state index < -0.39 is 6.61 Å². The van der Waals surface area contributed by atoms with Crippen molar-refractivity contribution in [2.45, 2.75) is 12.4 Å². The Kier molecular flexibility index (Phi) is 5.77. The third kappa shape index (κ3) is 4.73. The van der Waals surface area contributed by atoms with E-state index in [1.807, 2.05) is 24.5 Å². The quantitative estimate of drug-likeness (QED) is 0.856. The van der Waals surface area contributed by atoms with E-state index in [4.69, 9.17) is 0 Å². The number of anilines is 1. The van der Waals surface area contributed by atoms with Gasteiger partial charge < -0.3 is 10.1 Å². The second-order valence-electron chi connectivity index (χ2n) is 4.49. The summed E-state index contributed by atoms with van der Waals surface area (Å²) >= 11 is 1.68. The van der Waals surface area contributed by atoms with E-state index in [9.17, 15) is 13.6 Å². The molecule has 3 nitrogen and oxygen atoms in total. The number of benzene rings is 2. The van der Waals surface area contributed by atoms with Crippen molar-refractivity contribution in [2.75, 3.05) is 11.6 Å². The maximum Gasteiger partial charge on any atom is 0.387 e. The number of halogens is 2. The van der Waals surface area contributed by atoms with E-state index in [0.29, 0.717) is 11.3 Å². The number of thioether (sulfide) groups is 1. The summed E-state index contributed by atoms with van der Waals surface area (Å²) in [5.74, 6) is 0.640. The molecule has 0 aliphatic rings. The molecule has 0 saturated carbocycles. The van der Waals surface area contributed by atoms with Gasteiger partial charge in [-0.1, -0.05) is 12.1 Å². The maximum absolute atomic E-state index is 12.2. The minimum atomic E-state index is -2.86. The molecule has 0 fully saturated rings. The topological polar surface area (TPSA) is 38.3 Å². The lowest BCUT2D eigenvalue weighted by atomic mass is 10.1. The highest BCUT2D eigenvalue weighted by Gasteiger charge is 2.08. The summed E-state index contributed by atoms with van der Waals surface area (Å²) in [6.45, 7) is -2.86. The van der Waals surface area contributed by atoms with Gasteiger partial charge in [0.25, 0.3) is 5.91 Å². The van der Waals surface area contributed by atoms with Crippen molar-refractivity contribution in [3.8, 4) is 5.75 Å². The van der Waals surface area contributed by atoms with Gasteiger partial charge in [0.15, 0.2) is 0 Å². The summed E-state index contributed by atoms with van der Waals surface area (Å²) in [7, 11) is 0. The molecule has 1 amide bonds. The average Bonchev–Trinajstić information content (AvgIpc) is 2.49. The Morgan fingerprint density at radius 2 is 1.95 bits per heavy atom. The van der Waals surface area contributed by atoms with Crippen LogP contribution in [0.5, 0.6) is 5.75 Å². The number of ether oxygens (including phenoxy) is 1.